The van der Waals surface area contributed by atoms with E-state index in [-0.39, 0.29) is 18.0 Å². The number of nitriles is 1. The van der Waals surface area contributed by atoms with Crippen molar-refractivity contribution in [3.63, 3.8) is 0 Å². The van der Waals surface area contributed by atoms with Crippen molar-refractivity contribution in [3.05, 3.63) is 100 Å². The van der Waals surface area contributed by atoms with Crippen LogP contribution in [0.5, 0.6) is 0 Å². The third-order valence-electron chi connectivity index (χ3n) is 6.34. The number of para-hydroxylation sites is 1. The quantitative estimate of drug-likeness (QED) is 0.297. The Balaban J connectivity index is 1.36. The molecule has 4 aromatic rings. The van der Waals surface area contributed by atoms with E-state index in [1.54, 1.807) is 35.1 Å². The van der Waals surface area contributed by atoms with Gasteiger partial charge in [-0.2, -0.15) is 10.4 Å². The summed E-state index contributed by atoms with van der Waals surface area (Å²) < 4.78 is 1.72. The Morgan fingerprint density at radius 2 is 1.73 bits per heavy atom. The van der Waals surface area contributed by atoms with E-state index in [2.05, 4.69) is 11.1 Å². The molecule has 1 saturated heterocycles. The van der Waals surface area contributed by atoms with Crippen LogP contribution in [0.25, 0.3) is 16.9 Å². The van der Waals surface area contributed by atoms with Crippen LogP contribution in [-0.2, 0) is 11.2 Å². The predicted octanol–water partition coefficient (Wildman–Crippen LogP) is 3.61. The minimum Gasteiger partial charge on any atom is -0.352 e. The van der Waals surface area contributed by atoms with Crippen LogP contribution in [-0.4, -0.2) is 56.7 Å². The van der Waals surface area contributed by atoms with Crippen molar-refractivity contribution in [1.82, 2.24) is 19.7 Å². The molecule has 0 bridgehead atoms. The summed E-state index contributed by atoms with van der Waals surface area (Å²) in [7, 11) is 0. The summed E-state index contributed by atoms with van der Waals surface area (Å²) in [6.45, 7) is 2.19. The van der Waals surface area contributed by atoms with Crippen molar-refractivity contribution >= 4 is 17.4 Å². The van der Waals surface area contributed by atoms with E-state index in [9.17, 15) is 20.2 Å². The molecular formula is C27H23N7O3. The Kier molecular flexibility index (Phi) is 6.59. The molecule has 10 nitrogen and oxygen atoms in total. The van der Waals surface area contributed by atoms with Crippen LogP contribution in [0, 0.1) is 21.4 Å². The summed E-state index contributed by atoms with van der Waals surface area (Å²) in [6, 6.07) is 21.4. The highest BCUT2D eigenvalue weighted by molar-refractivity contribution is 5.81. The molecule has 0 atom stereocenters. The van der Waals surface area contributed by atoms with E-state index in [0.29, 0.717) is 48.8 Å². The van der Waals surface area contributed by atoms with Crippen molar-refractivity contribution in [1.29, 1.82) is 5.26 Å². The van der Waals surface area contributed by atoms with Crippen LogP contribution < -0.4 is 4.90 Å². The number of amides is 1. The van der Waals surface area contributed by atoms with Crippen molar-refractivity contribution in [2.24, 2.45) is 0 Å². The number of rotatable bonds is 6. The minimum atomic E-state index is -0.443. The summed E-state index contributed by atoms with van der Waals surface area (Å²) >= 11 is 0. The van der Waals surface area contributed by atoms with E-state index in [0.717, 1.165) is 11.3 Å². The first-order valence-electron chi connectivity index (χ1n) is 11.8. The van der Waals surface area contributed by atoms with E-state index < -0.39 is 4.92 Å². The summed E-state index contributed by atoms with van der Waals surface area (Å²) in [5.74, 6) is 0.610. The van der Waals surface area contributed by atoms with Gasteiger partial charge in [0, 0.05) is 61.8 Å². The normalized spacial score (nSPS) is 13.3. The first-order valence-corrected chi connectivity index (χ1v) is 11.8. The average molecular weight is 494 g/mol. The number of nitro groups is 1. The van der Waals surface area contributed by atoms with Crippen molar-refractivity contribution in [2.75, 3.05) is 31.1 Å². The van der Waals surface area contributed by atoms with Crippen LogP contribution in [0.4, 0.5) is 11.5 Å². The molecule has 2 aromatic carbocycles. The molecule has 10 heteroatoms. The average Bonchev–Trinajstić information content (AvgIpc) is 3.37. The van der Waals surface area contributed by atoms with Crippen LogP contribution in [0.1, 0.15) is 11.1 Å². The van der Waals surface area contributed by atoms with Crippen LogP contribution >= 0.6 is 0 Å². The summed E-state index contributed by atoms with van der Waals surface area (Å²) in [5, 5.41) is 25.2. The van der Waals surface area contributed by atoms with E-state index in [1.165, 1.54) is 12.1 Å². The molecule has 2 aromatic heterocycles. The SMILES string of the molecule is N#Cc1cccnc1N1CCN(C(=O)Cc2cn(-c3ccccc3)nc2-c2ccc([N+](=O)[O-])cc2)CC1. The maximum Gasteiger partial charge on any atom is 0.269 e. The van der Waals surface area contributed by atoms with Gasteiger partial charge in [-0.3, -0.25) is 14.9 Å². The van der Waals surface area contributed by atoms with Gasteiger partial charge in [0.15, 0.2) is 0 Å². The number of non-ortho nitro benzene ring substituents is 1. The minimum absolute atomic E-state index is 0.00537. The number of nitro benzene ring substituents is 1. The van der Waals surface area contributed by atoms with E-state index in [4.69, 9.17) is 5.10 Å². The van der Waals surface area contributed by atoms with Crippen LogP contribution in [0.3, 0.4) is 0 Å². The maximum atomic E-state index is 13.3. The second kappa shape index (κ2) is 10.3. The highest BCUT2D eigenvalue weighted by atomic mass is 16.6. The van der Waals surface area contributed by atoms with Gasteiger partial charge in [-0.1, -0.05) is 18.2 Å². The number of piperazine rings is 1. The predicted molar refractivity (Wildman–Crippen MR) is 137 cm³/mol. The molecule has 5 rings (SSSR count). The fourth-order valence-electron chi connectivity index (χ4n) is 4.41. The lowest BCUT2D eigenvalue weighted by Crippen LogP contribution is -2.49. The zero-order valence-electron chi connectivity index (χ0n) is 19.9. The molecule has 0 aliphatic carbocycles. The second-order valence-corrected chi connectivity index (χ2v) is 8.62. The summed E-state index contributed by atoms with van der Waals surface area (Å²) in [6.07, 6.45) is 3.65. The number of benzene rings is 2. The van der Waals surface area contributed by atoms with Gasteiger partial charge in [0.05, 0.1) is 28.3 Å². The van der Waals surface area contributed by atoms with Crippen molar-refractivity contribution < 1.29 is 9.72 Å². The number of nitrogens with zero attached hydrogens (tertiary/aromatic N) is 7. The standard InChI is InChI=1S/C27H23N7O3/c28-18-21-5-4-12-29-27(21)32-15-13-31(14-16-32)25(35)17-22-19-33(23-6-2-1-3-7-23)30-26(22)20-8-10-24(11-9-20)34(36)37/h1-12,19H,13-17H2. The highest BCUT2D eigenvalue weighted by Crippen LogP contribution is 2.27. The number of anilines is 1. The lowest BCUT2D eigenvalue weighted by atomic mass is 10.0. The lowest BCUT2D eigenvalue weighted by Gasteiger charge is -2.35. The molecule has 37 heavy (non-hydrogen) atoms. The Bertz CT molecular complexity index is 1470. The Morgan fingerprint density at radius 1 is 1.00 bits per heavy atom. The van der Waals surface area contributed by atoms with E-state index >= 15 is 0 Å². The number of hydrogen-bond acceptors (Lipinski definition) is 7. The second-order valence-electron chi connectivity index (χ2n) is 8.62. The molecule has 0 N–H and O–H groups in total. The van der Waals surface area contributed by atoms with Gasteiger partial charge in [0.2, 0.25) is 5.91 Å². The largest absolute Gasteiger partial charge is 0.352 e. The van der Waals surface area contributed by atoms with Crippen LogP contribution in [0.15, 0.2) is 79.1 Å². The first-order chi connectivity index (χ1) is 18.0. The Hall–Kier alpha value is -5.04. The molecule has 0 spiro atoms. The summed E-state index contributed by atoms with van der Waals surface area (Å²) in [4.78, 5) is 32.2. The molecule has 0 saturated carbocycles. The van der Waals surface area contributed by atoms with Gasteiger partial charge >= 0.3 is 0 Å². The van der Waals surface area contributed by atoms with Gasteiger partial charge in [0.25, 0.3) is 5.69 Å². The van der Waals surface area contributed by atoms with Gasteiger partial charge in [-0.25, -0.2) is 9.67 Å². The smallest absolute Gasteiger partial charge is 0.269 e. The third-order valence-corrected chi connectivity index (χ3v) is 6.34. The molecule has 0 radical (unpaired) electrons. The van der Waals surface area contributed by atoms with Gasteiger partial charge in [-0.05, 0) is 36.4 Å². The third kappa shape index (κ3) is 5.01. The monoisotopic (exact) mass is 493 g/mol. The number of pyridine rings is 1. The Labute approximate surface area is 213 Å². The lowest BCUT2D eigenvalue weighted by molar-refractivity contribution is -0.384. The van der Waals surface area contributed by atoms with Gasteiger partial charge in [-0.15, -0.1) is 0 Å². The fraction of sp³-hybridized carbons (Fsp3) is 0.185. The Morgan fingerprint density at radius 3 is 2.41 bits per heavy atom. The summed E-state index contributed by atoms with van der Waals surface area (Å²) in [5.41, 5.74) is 3.41. The number of aromatic nitrogens is 3. The van der Waals surface area contributed by atoms with Crippen molar-refractivity contribution in [2.45, 2.75) is 6.42 Å². The highest BCUT2D eigenvalue weighted by Gasteiger charge is 2.25. The molecule has 0 unspecified atom stereocenters. The topological polar surface area (TPSA) is 121 Å². The number of carbonyl (C=O) groups is 1. The molecule has 3 heterocycles. The number of hydrogen-bond donors (Lipinski definition) is 0. The first kappa shape index (κ1) is 23.7. The molecule has 1 amide bonds. The molecule has 1 aliphatic heterocycles. The van der Waals surface area contributed by atoms with Gasteiger partial charge in [0.1, 0.15) is 11.9 Å². The fourth-order valence-corrected chi connectivity index (χ4v) is 4.41. The van der Waals surface area contributed by atoms with E-state index in [1.807, 2.05) is 46.3 Å². The number of carbonyl (C=O) groups excluding carboxylic acids is 1. The zero-order valence-corrected chi connectivity index (χ0v) is 19.9. The van der Waals surface area contributed by atoms with Crippen molar-refractivity contribution in [3.8, 4) is 23.0 Å². The molecule has 184 valence electrons. The zero-order chi connectivity index (χ0) is 25.8. The molecule has 1 fully saturated rings. The molecular weight excluding hydrogens is 470 g/mol. The maximum absolute atomic E-state index is 13.3. The molecule has 1 aliphatic rings. The van der Waals surface area contributed by atoms with Gasteiger partial charge < -0.3 is 9.80 Å². The van der Waals surface area contributed by atoms with Crippen LogP contribution in [0.2, 0.25) is 0 Å².